The van der Waals surface area contributed by atoms with Crippen LogP contribution < -0.4 is 10.1 Å². The number of aryl methyl sites for hydroxylation is 1. The molecule has 0 spiro atoms. The van der Waals surface area contributed by atoms with E-state index < -0.39 is 0 Å². The summed E-state index contributed by atoms with van der Waals surface area (Å²) in [6.07, 6.45) is 1.06. The summed E-state index contributed by atoms with van der Waals surface area (Å²) in [4.78, 5) is 15.9. The minimum atomic E-state index is -0.0574. The van der Waals surface area contributed by atoms with Crippen molar-refractivity contribution in [3.8, 4) is 5.75 Å². The number of nitrogens with zero attached hydrogens (tertiary/aromatic N) is 1. The van der Waals surface area contributed by atoms with E-state index in [-0.39, 0.29) is 5.91 Å². The second-order valence-corrected chi connectivity index (χ2v) is 5.72. The first-order valence-electron chi connectivity index (χ1n) is 6.67. The predicted molar refractivity (Wildman–Crippen MR) is 86.2 cm³/mol. The van der Waals surface area contributed by atoms with Crippen LogP contribution in [-0.2, 0) is 10.7 Å². The smallest absolute Gasteiger partial charge is 0.226 e. The zero-order valence-corrected chi connectivity index (χ0v) is 13.3. The van der Waals surface area contributed by atoms with Crippen molar-refractivity contribution in [3.63, 3.8) is 0 Å². The number of nitrogens with one attached hydrogen (secondary N) is 1. The molecule has 6 heteroatoms. The third kappa shape index (κ3) is 5.36. The van der Waals surface area contributed by atoms with E-state index in [0.717, 1.165) is 11.4 Å². The lowest BCUT2D eigenvalue weighted by Gasteiger charge is -2.06. The molecule has 0 radical (unpaired) electrons. The van der Waals surface area contributed by atoms with E-state index >= 15 is 0 Å². The number of carbonyl (C=O) groups is 1. The van der Waals surface area contributed by atoms with Gasteiger partial charge in [-0.25, -0.2) is 4.98 Å². The van der Waals surface area contributed by atoms with Gasteiger partial charge in [-0.1, -0.05) is 17.7 Å². The van der Waals surface area contributed by atoms with Crippen molar-refractivity contribution in [2.24, 2.45) is 0 Å². The van der Waals surface area contributed by atoms with Gasteiger partial charge < -0.3 is 10.1 Å². The van der Waals surface area contributed by atoms with Crippen LogP contribution in [0.15, 0.2) is 29.6 Å². The molecule has 1 N–H and O–H groups in total. The number of aromatic nitrogens is 1. The van der Waals surface area contributed by atoms with Gasteiger partial charge in [0.15, 0.2) is 5.13 Å². The van der Waals surface area contributed by atoms with Gasteiger partial charge in [-0.3, -0.25) is 4.79 Å². The summed E-state index contributed by atoms with van der Waals surface area (Å²) < 4.78 is 5.57. The van der Waals surface area contributed by atoms with Crippen molar-refractivity contribution in [2.45, 2.75) is 25.6 Å². The van der Waals surface area contributed by atoms with Crippen molar-refractivity contribution in [3.05, 3.63) is 40.9 Å². The van der Waals surface area contributed by atoms with Crippen LogP contribution in [-0.4, -0.2) is 17.5 Å². The molecule has 0 aliphatic heterocycles. The van der Waals surface area contributed by atoms with Crippen LogP contribution in [0.2, 0.25) is 0 Å². The second kappa shape index (κ2) is 8.00. The topological polar surface area (TPSA) is 51.2 Å². The van der Waals surface area contributed by atoms with E-state index in [1.807, 2.05) is 36.6 Å². The van der Waals surface area contributed by atoms with E-state index in [9.17, 15) is 4.79 Å². The Kier molecular flexibility index (Phi) is 6.02. The van der Waals surface area contributed by atoms with Gasteiger partial charge >= 0.3 is 0 Å². The van der Waals surface area contributed by atoms with Gasteiger partial charge in [-0.2, -0.15) is 0 Å². The quantitative estimate of drug-likeness (QED) is 0.619. The van der Waals surface area contributed by atoms with Crippen molar-refractivity contribution >= 4 is 34.0 Å². The Morgan fingerprint density at radius 3 is 2.81 bits per heavy atom. The van der Waals surface area contributed by atoms with Crippen molar-refractivity contribution in [1.29, 1.82) is 0 Å². The lowest BCUT2D eigenvalue weighted by atomic mass is 10.2. The minimum Gasteiger partial charge on any atom is -0.494 e. The number of thiazole rings is 1. The zero-order valence-electron chi connectivity index (χ0n) is 11.8. The molecule has 1 heterocycles. The van der Waals surface area contributed by atoms with Crippen LogP contribution in [0.5, 0.6) is 5.75 Å². The second-order valence-electron chi connectivity index (χ2n) is 4.59. The first kappa shape index (κ1) is 15.8. The lowest BCUT2D eigenvalue weighted by Crippen LogP contribution is -2.12. The molecule has 1 amide bonds. The summed E-state index contributed by atoms with van der Waals surface area (Å²) in [6.45, 7) is 2.55. The highest BCUT2D eigenvalue weighted by Crippen LogP contribution is 2.17. The number of carbonyl (C=O) groups excluding carboxylic acids is 1. The van der Waals surface area contributed by atoms with Crippen LogP contribution in [0.3, 0.4) is 0 Å². The number of ether oxygens (including phenoxy) is 1. The molecule has 0 saturated carbocycles. The number of amides is 1. The van der Waals surface area contributed by atoms with Gasteiger partial charge in [0.2, 0.25) is 5.91 Å². The molecular formula is C15H17ClN2O2S. The Labute approximate surface area is 133 Å². The first-order chi connectivity index (χ1) is 10.2. The molecule has 0 aliphatic rings. The molecule has 1 aromatic carbocycles. The van der Waals surface area contributed by atoms with E-state index in [1.54, 1.807) is 0 Å². The van der Waals surface area contributed by atoms with E-state index in [4.69, 9.17) is 16.3 Å². The predicted octanol–water partition coefficient (Wildman–Crippen LogP) is 3.99. The third-order valence-electron chi connectivity index (χ3n) is 2.77. The first-order valence-corrected chi connectivity index (χ1v) is 8.08. The Morgan fingerprint density at radius 1 is 1.38 bits per heavy atom. The molecule has 21 heavy (non-hydrogen) atoms. The van der Waals surface area contributed by atoms with Gasteiger partial charge in [-0.05, 0) is 25.5 Å². The maximum Gasteiger partial charge on any atom is 0.226 e. The average molecular weight is 325 g/mol. The summed E-state index contributed by atoms with van der Waals surface area (Å²) in [5.74, 6) is 1.13. The van der Waals surface area contributed by atoms with Gasteiger partial charge in [0.05, 0.1) is 18.2 Å². The van der Waals surface area contributed by atoms with Gasteiger partial charge in [0.1, 0.15) is 5.75 Å². The van der Waals surface area contributed by atoms with E-state index in [1.165, 1.54) is 16.9 Å². The number of hydrogen-bond acceptors (Lipinski definition) is 4. The van der Waals surface area contributed by atoms with Crippen LogP contribution in [0.25, 0.3) is 0 Å². The summed E-state index contributed by atoms with van der Waals surface area (Å²) in [7, 11) is 0. The maximum absolute atomic E-state index is 11.7. The number of hydrogen-bond donors (Lipinski definition) is 1. The van der Waals surface area contributed by atoms with E-state index in [2.05, 4.69) is 10.3 Å². The minimum absolute atomic E-state index is 0.0574. The average Bonchev–Trinajstić information content (AvgIpc) is 2.93. The van der Waals surface area contributed by atoms with Crippen LogP contribution in [0.4, 0.5) is 5.13 Å². The highest BCUT2D eigenvalue weighted by Gasteiger charge is 2.06. The molecule has 0 saturated heterocycles. The summed E-state index contributed by atoms with van der Waals surface area (Å²) in [5.41, 5.74) is 1.97. The molecule has 2 aromatic rings. The molecule has 1 aromatic heterocycles. The largest absolute Gasteiger partial charge is 0.494 e. The number of rotatable bonds is 7. The van der Waals surface area contributed by atoms with Crippen molar-refractivity contribution < 1.29 is 9.53 Å². The molecule has 0 atom stereocenters. The molecular weight excluding hydrogens is 308 g/mol. The Balaban J connectivity index is 1.66. The fourth-order valence-electron chi connectivity index (χ4n) is 1.66. The number of halogens is 1. The van der Waals surface area contributed by atoms with Crippen LogP contribution >= 0.6 is 22.9 Å². The SMILES string of the molecule is Cc1ccc(OCCCC(=O)Nc2nc(CCl)cs2)cc1. The molecule has 112 valence electrons. The number of anilines is 1. The Morgan fingerprint density at radius 2 is 2.14 bits per heavy atom. The maximum atomic E-state index is 11.7. The zero-order chi connectivity index (χ0) is 15.1. The Hall–Kier alpha value is -1.59. The monoisotopic (exact) mass is 324 g/mol. The molecule has 4 nitrogen and oxygen atoms in total. The lowest BCUT2D eigenvalue weighted by molar-refractivity contribution is -0.116. The molecule has 0 aliphatic carbocycles. The number of alkyl halides is 1. The van der Waals surface area contributed by atoms with Crippen LogP contribution in [0.1, 0.15) is 24.1 Å². The third-order valence-corrected chi connectivity index (χ3v) is 3.85. The van der Waals surface area contributed by atoms with E-state index in [0.29, 0.717) is 30.5 Å². The Bertz CT molecular complexity index is 584. The van der Waals surface area contributed by atoms with Crippen molar-refractivity contribution in [1.82, 2.24) is 4.98 Å². The highest BCUT2D eigenvalue weighted by atomic mass is 35.5. The number of benzene rings is 1. The summed E-state index contributed by atoms with van der Waals surface area (Å²) >= 11 is 7.04. The molecule has 0 unspecified atom stereocenters. The fourth-order valence-corrected chi connectivity index (χ4v) is 2.62. The summed E-state index contributed by atoms with van der Waals surface area (Å²) in [5, 5.41) is 5.19. The fraction of sp³-hybridized carbons (Fsp3) is 0.333. The highest BCUT2D eigenvalue weighted by molar-refractivity contribution is 7.13. The van der Waals surface area contributed by atoms with Crippen molar-refractivity contribution in [2.75, 3.05) is 11.9 Å². The molecule has 0 fully saturated rings. The van der Waals surface area contributed by atoms with Gasteiger partial charge in [0.25, 0.3) is 0 Å². The van der Waals surface area contributed by atoms with Gasteiger partial charge in [0, 0.05) is 11.8 Å². The normalized spacial score (nSPS) is 10.4. The summed E-state index contributed by atoms with van der Waals surface area (Å²) in [6, 6.07) is 7.86. The molecule has 2 rings (SSSR count). The standard InChI is InChI=1S/C15H17ClN2O2S/c1-11-4-6-13(7-5-11)20-8-2-3-14(19)18-15-17-12(9-16)10-21-15/h4-7,10H,2-3,8-9H2,1H3,(H,17,18,19). The van der Waals surface area contributed by atoms with Crippen LogP contribution in [0, 0.1) is 6.92 Å². The molecule has 0 bridgehead atoms. The van der Waals surface area contributed by atoms with Gasteiger partial charge in [-0.15, -0.1) is 22.9 Å².